The van der Waals surface area contributed by atoms with Crippen LogP contribution in [0.15, 0.2) is 92.1 Å². The number of esters is 2. The molecule has 0 bridgehead atoms. The Bertz CT molecular complexity index is 1630. The van der Waals surface area contributed by atoms with E-state index in [1.165, 1.54) is 44.6 Å². The summed E-state index contributed by atoms with van der Waals surface area (Å²) in [7, 11) is 0. The van der Waals surface area contributed by atoms with Crippen molar-refractivity contribution in [2.24, 2.45) is 0 Å². The van der Waals surface area contributed by atoms with Crippen molar-refractivity contribution < 1.29 is 27.9 Å². The minimum atomic E-state index is -0.612. The van der Waals surface area contributed by atoms with Gasteiger partial charge in [-0.05, 0) is 79.6 Å². The molecular weight excluding hydrogens is 649 g/mol. The summed E-state index contributed by atoms with van der Waals surface area (Å²) in [6.07, 6.45) is 9.45. The molecule has 0 aliphatic carbocycles. The van der Waals surface area contributed by atoms with Gasteiger partial charge in [-0.15, -0.1) is 20.4 Å². The highest BCUT2D eigenvalue weighted by molar-refractivity contribution is 7.99. The molecule has 3 aromatic carbocycles. The zero-order valence-electron chi connectivity index (χ0n) is 27.1. The van der Waals surface area contributed by atoms with E-state index in [1.54, 1.807) is 90.3 Å². The third kappa shape index (κ3) is 10.3. The van der Waals surface area contributed by atoms with Gasteiger partial charge in [-0.2, -0.15) is 0 Å². The fourth-order valence-electron chi connectivity index (χ4n) is 4.58. The molecule has 12 heteroatoms. The number of thioether (sulfide) groups is 2. The smallest absolute Gasteiger partial charge is 0.343 e. The maximum atomic E-state index is 12.9. The van der Waals surface area contributed by atoms with Crippen LogP contribution in [0, 0.1) is 0 Å². The van der Waals surface area contributed by atoms with Gasteiger partial charge < -0.3 is 18.3 Å². The Hall–Kier alpha value is -4.42. The number of carbonyl (C=O) groups excluding carboxylic acids is 2. The van der Waals surface area contributed by atoms with E-state index in [0.717, 1.165) is 24.3 Å². The van der Waals surface area contributed by atoms with Crippen molar-refractivity contribution in [1.82, 2.24) is 20.4 Å². The molecule has 250 valence electrons. The van der Waals surface area contributed by atoms with E-state index in [-0.39, 0.29) is 11.1 Å². The molecule has 0 spiro atoms. The van der Waals surface area contributed by atoms with Crippen molar-refractivity contribution in [3.05, 3.63) is 83.9 Å². The molecule has 0 amide bonds. The van der Waals surface area contributed by atoms with E-state index in [1.807, 2.05) is 0 Å². The maximum absolute atomic E-state index is 12.9. The minimum absolute atomic E-state index is 0.205. The van der Waals surface area contributed by atoms with Gasteiger partial charge in [0, 0.05) is 22.6 Å². The second-order valence-corrected chi connectivity index (χ2v) is 13.1. The number of unbranched alkanes of at least 4 members (excludes halogenated alkanes) is 6. The summed E-state index contributed by atoms with van der Waals surface area (Å²) in [5, 5.41) is 17.6. The Morgan fingerprint density at radius 3 is 1.44 bits per heavy atom. The molecule has 0 fully saturated rings. The van der Waals surface area contributed by atoms with Gasteiger partial charge in [0.1, 0.15) is 11.5 Å². The Balaban J connectivity index is 1.11. The van der Waals surface area contributed by atoms with Crippen LogP contribution < -0.4 is 9.47 Å². The van der Waals surface area contributed by atoms with Crippen LogP contribution in [0.4, 0.5) is 0 Å². The average molecular weight is 687 g/mol. The van der Waals surface area contributed by atoms with Gasteiger partial charge in [0.2, 0.25) is 11.8 Å². The number of benzene rings is 3. The quantitative estimate of drug-likeness (QED) is 0.0376. The highest BCUT2D eigenvalue weighted by Crippen LogP contribution is 2.28. The lowest BCUT2D eigenvalue weighted by Crippen LogP contribution is -2.12. The standard InChI is InChI=1S/C36H38N4O6S2/c1-3-5-7-9-22-47-35-39-37-31(45-35)25-14-18-29(19-15-25)43-33(41)27-12-11-13-28(24-27)34(42)44-30-20-16-26(17-21-30)32-38-40-36(46-32)48-23-10-8-6-4-2/h11-21,24H,3-10,22-23H2,1-2H3. The summed E-state index contributed by atoms with van der Waals surface area (Å²) in [6.45, 7) is 4.37. The molecule has 5 aromatic rings. The average Bonchev–Trinajstić information content (AvgIpc) is 3.79. The minimum Gasteiger partial charge on any atom is -0.423 e. The number of ether oxygens (including phenoxy) is 2. The Labute approximate surface area is 288 Å². The van der Waals surface area contributed by atoms with Crippen molar-refractivity contribution in [3.8, 4) is 34.4 Å². The molecule has 2 heterocycles. The van der Waals surface area contributed by atoms with Crippen LogP contribution in [0.1, 0.15) is 85.9 Å². The monoisotopic (exact) mass is 686 g/mol. The topological polar surface area (TPSA) is 130 Å². The van der Waals surface area contributed by atoms with Crippen LogP contribution in [0.25, 0.3) is 22.9 Å². The van der Waals surface area contributed by atoms with Crippen molar-refractivity contribution >= 4 is 35.5 Å². The molecule has 48 heavy (non-hydrogen) atoms. The van der Waals surface area contributed by atoms with Gasteiger partial charge in [0.05, 0.1) is 11.1 Å². The Kier molecular flexibility index (Phi) is 13.2. The van der Waals surface area contributed by atoms with Crippen LogP contribution in [0.2, 0.25) is 0 Å². The van der Waals surface area contributed by atoms with Crippen LogP contribution in [0.3, 0.4) is 0 Å². The molecule has 0 saturated heterocycles. The molecule has 0 unspecified atom stereocenters. The van der Waals surface area contributed by atoms with Gasteiger partial charge in [-0.3, -0.25) is 0 Å². The summed E-state index contributed by atoms with van der Waals surface area (Å²) >= 11 is 3.10. The summed E-state index contributed by atoms with van der Waals surface area (Å²) in [5.74, 6) is 2.11. The zero-order valence-corrected chi connectivity index (χ0v) is 28.7. The molecule has 0 radical (unpaired) electrons. The molecular formula is C36H38N4O6S2. The molecule has 2 aromatic heterocycles. The number of rotatable bonds is 18. The molecule has 10 nitrogen and oxygen atoms in total. The van der Waals surface area contributed by atoms with Crippen LogP contribution in [-0.4, -0.2) is 43.8 Å². The lowest BCUT2D eigenvalue weighted by Gasteiger charge is -2.07. The Morgan fingerprint density at radius 2 is 1.02 bits per heavy atom. The molecule has 0 aliphatic rings. The summed E-state index contributed by atoms with van der Waals surface area (Å²) in [5.41, 5.74) is 1.84. The van der Waals surface area contributed by atoms with E-state index in [2.05, 4.69) is 34.2 Å². The Morgan fingerprint density at radius 1 is 0.583 bits per heavy atom. The largest absolute Gasteiger partial charge is 0.423 e. The second-order valence-electron chi connectivity index (χ2n) is 11.0. The van der Waals surface area contributed by atoms with Gasteiger partial charge in [-0.25, -0.2) is 9.59 Å². The van der Waals surface area contributed by atoms with Crippen LogP contribution in [-0.2, 0) is 0 Å². The van der Waals surface area contributed by atoms with Gasteiger partial charge in [0.25, 0.3) is 10.4 Å². The highest BCUT2D eigenvalue weighted by atomic mass is 32.2. The lowest BCUT2D eigenvalue weighted by atomic mass is 10.1. The summed E-state index contributed by atoms with van der Waals surface area (Å²) < 4.78 is 22.6. The van der Waals surface area contributed by atoms with E-state index >= 15 is 0 Å². The fourth-order valence-corrected chi connectivity index (χ4v) is 6.10. The third-order valence-electron chi connectivity index (χ3n) is 7.22. The fraction of sp³-hybridized carbons (Fsp3) is 0.333. The number of nitrogens with zero attached hydrogens (tertiary/aromatic N) is 4. The molecule has 0 saturated carbocycles. The molecule has 0 N–H and O–H groups in total. The van der Waals surface area contributed by atoms with Crippen LogP contribution in [0.5, 0.6) is 11.5 Å². The lowest BCUT2D eigenvalue weighted by molar-refractivity contribution is 0.0734. The first-order chi connectivity index (χ1) is 23.5. The van der Waals surface area contributed by atoms with E-state index in [0.29, 0.717) is 44.9 Å². The number of carbonyl (C=O) groups is 2. The van der Waals surface area contributed by atoms with E-state index in [9.17, 15) is 9.59 Å². The highest BCUT2D eigenvalue weighted by Gasteiger charge is 2.16. The molecule has 0 atom stereocenters. The first kappa shape index (κ1) is 34.9. The molecule has 0 aliphatic heterocycles. The molecule has 5 rings (SSSR count). The predicted molar refractivity (Wildman–Crippen MR) is 186 cm³/mol. The predicted octanol–water partition coefficient (Wildman–Crippen LogP) is 9.57. The van der Waals surface area contributed by atoms with E-state index < -0.39 is 11.9 Å². The van der Waals surface area contributed by atoms with Gasteiger partial charge in [0.15, 0.2) is 0 Å². The number of hydrogen-bond acceptors (Lipinski definition) is 12. The van der Waals surface area contributed by atoms with Gasteiger partial charge in [-0.1, -0.05) is 82.0 Å². The maximum Gasteiger partial charge on any atom is 0.343 e. The summed E-state index contributed by atoms with van der Waals surface area (Å²) in [4.78, 5) is 25.8. The first-order valence-corrected chi connectivity index (χ1v) is 18.2. The van der Waals surface area contributed by atoms with Gasteiger partial charge >= 0.3 is 11.9 Å². The summed E-state index contributed by atoms with van der Waals surface area (Å²) in [6, 6.07) is 19.8. The third-order valence-corrected chi connectivity index (χ3v) is 9.03. The second kappa shape index (κ2) is 18.2. The van der Waals surface area contributed by atoms with E-state index in [4.69, 9.17) is 18.3 Å². The normalized spacial score (nSPS) is 11.0. The first-order valence-electron chi connectivity index (χ1n) is 16.2. The van der Waals surface area contributed by atoms with Crippen molar-refractivity contribution in [3.63, 3.8) is 0 Å². The van der Waals surface area contributed by atoms with Crippen molar-refractivity contribution in [1.29, 1.82) is 0 Å². The van der Waals surface area contributed by atoms with Crippen molar-refractivity contribution in [2.45, 2.75) is 75.7 Å². The number of aromatic nitrogens is 4. The zero-order chi connectivity index (χ0) is 33.6. The SMILES string of the molecule is CCCCCCSc1nnc(-c2ccc(OC(=O)c3cccc(C(=O)Oc4ccc(-c5nnc(SCCCCCC)o5)cc4)c3)cc2)o1. The van der Waals surface area contributed by atoms with Crippen molar-refractivity contribution in [2.75, 3.05) is 11.5 Å². The number of hydrogen-bond donors (Lipinski definition) is 0. The van der Waals surface area contributed by atoms with Crippen LogP contribution >= 0.6 is 23.5 Å².